The van der Waals surface area contributed by atoms with E-state index in [0.717, 1.165) is 25.1 Å². The summed E-state index contributed by atoms with van der Waals surface area (Å²) < 4.78 is 5.19. The molecule has 2 aliphatic heterocycles. The predicted octanol–water partition coefficient (Wildman–Crippen LogP) is 1.53. The molecule has 1 spiro atoms. The minimum absolute atomic E-state index is 0.0655. The molecule has 0 radical (unpaired) electrons. The average molecular weight is 255 g/mol. The molecule has 0 N–H and O–H groups in total. The van der Waals surface area contributed by atoms with Crippen LogP contribution in [0.25, 0.3) is 0 Å². The van der Waals surface area contributed by atoms with Gasteiger partial charge in [0.2, 0.25) is 0 Å². The SMILES string of the molecule is CN1C[C@@H](C#Cc2ccccc2)[C@@]2(CCOC2=O)C1. The van der Waals surface area contributed by atoms with Gasteiger partial charge in [0.25, 0.3) is 0 Å². The number of benzene rings is 1. The molecule has 3 heteroatoms. The molecule has 0 bridgehead atoms. The first kappa shape index (κ1) is 12.3. The van der Waals surface area contributed by atoms with Gasteiger partial charge >= 0.3 is 5.97 Å². The Kier molecular flexibility index (Phi) is 3.04. The van der Waals surface area contributed by atoms with Gasteiger partial charge in [-0.3, -0.25) is 4.79 Å². The predicted molar refractivity (Wildman–Crippen MR) is 72.3 cm³/mol. The molecule has 0 unspecified atom stereocenters. The zero-order valence-electron chi connectivity index (χ0n) is 11.1. The van der Waals surface area contributed by atoms with Crippen molar-refractivity contribution in [1.29, 1.82) is 0 Å². The average Bonchev–Trinajstić information content (AvgIpc) is 2.93. The second kappa shape index (κ2) is 4.71. The van der Waals surface area contributed by atoms with E-state index in [2.05, 4.69) is 16.7 Å². The lowest BCUT2D eigenvalue weighted by molar-refractivity contribution is -0.146. The molecule has 0 saturated carbocycles. The van der Waals surface area contributed by atoms with Gasteiger partial charge in [0, 0.05) is 25.1 Å². The van der Waals surface area contributed by atoms with Gasteiger partial charge in [0.1, 0.15) is 0 Å². The van der Waals surface area contributed by atoms with Crippen LogP contribution in [-0.4, -0.2) is 37.6 Å². The van der Waals surface area contributed by atoms with Crippen molar-refractivity contribution in [2.24, 2.45) is 11.3 Å². The van der Waals surface area contributed by atoms with E-state index in [1.165, 1.54) is 0 Å². The summed E-state index contributed by atoms with van der Waals surface area (Å²) >= 11 is 0. The van der Waals surface area contributed by atoms with E-state index in [1.807, 2.05) is 37.4 Å². The molecule has 0 amide bonds. The first-order valence-corrected chi connectivity index (χ1v) is 6.63. The maximum atomic E-state index is 12.0. The van der Waals surface area contributed by atoms with Gasteiger partial charge in [-0.25, -0.2) is 0 Å². The van der Waals surface area contributed by atoms with Gasteiger partial charge in [-0.15, -0.1) is 0 Å². The molecule has 2 saturated heterocycles. The lowest BCUT2D eigenvalue weighted by Crippen LogP contribution is -2.34. The summed E-state index contributed by atoms with van der Waals surface area (Å²) in [5, 5.41) is 0. The van der Waals surface area contributed by atoms with Crippen LogP contribution in [0.2, 0.25) is 0 Å². The summed E-state index contributed by atoms with van der Waals surface area (Å²) in [6.45, 7) is 2.14. The molecule has 1 aromatic carbocycles. The smallest absolute Gasteiger partial charge is 0.314 e. The quantitative estimate of drug-likeness (QED) is 0.520. The van der Waals surface area contributed by atoms with Crippen LogP contribution in [0.15, 0.2) is 30.3 Å². The maximum absolute atomic E-state index is 12.0. The molecule has 2 atom stereocenters. The fourth-order valence-corrected chi connectivity index (χ4v) is 3.05. The molecule has 3 nitrogen and oxygen atoms in total. The number of nitrogens with zero attached hydrogens (tertiary/aromatic N) is 1. The van der Waals surface area contributed by atoms with Crippen molar-refractivity contribution < 1.29 is 9.53 Å². The van der Waals surface area contributed by atoms with Crippen LogP contribution in [0.5, 0.6) is 0 Å². The van der Waals surface area contributed by atoms with Crippen molar-refractivity contribution in [3.8, 4) is 11.8 Å². The third-order valence-corrected chi connectivity index (χ3v) is 4.07. The molecule has 98 valence electrons. The number of hydrogen-bond donors (Lipinski definition) is 0. The highest BCUT2D eigenvalue weighted by Gasteiger charge is 2.54. The normalized spacial score (nSPS) is 30.2. The van der Waals surface area contributed by atoms with Crippen molar-refractivity contribution >= 4 is 5.97 Å². The molecule has 1 aromatic rings. The van der Waals surface area contributed by atoms with Crippen LogP contribution in [0.3, 0.4) is 0 Å². The van der Waals surface area contributed by atoms with E-state index in [1.54, 1.807) is 0 Å². The highest BCUT2D eigenvalue weighted by atomic mass is 16.5. The van der Waals surface area contributed by atoms with E-state index in [0.29, 0.717) is 6.61 Å². The molecule has 0 aliphatic carbocycles. The molecule has 19 heavy (non-hydrogen) atoms. The van der Waals surface area contributed by atoms with E-state index >= 15 is 0 Å². The fraction of sp³-hybridized carbons (Fsp3) is 0.438. The number of carbonyl (C=O) groups is 1. The largest absolute Gasteiger partial charge is 0.465 e. The first-order valence-electron chi connectivity index (χ1n) is 6.63. The summed E-state index contributed by atoms with van der Waals surface area (Å²) in [6.07, 6.45) is 0.796. The number of carbonyl (C=O) groups excluding carboxylic acids is 1. The van der Waals surface area contributed by atoms with Crippen LogP contribution in [0.1, 0.15) is 12.0 Å². The summed E-state index contributed by atoms with van der Waals surface area (Å²) in [7, 11) is 2.04. The summed E-state index contributed by atoms with van der Waals surface area (Å²) in [4.78, 5) is 14.2. The lowest BCUT2D eigenvalue weighted by atomic mass is 9.77. The fourth-order valence-electron chi connectivity index (χ4n) is 3.05. The minimum atomic E-state index is -0.392. The molecule has 2 heterocycles. The Balaban J connectivity index is 1.88. The monoisotopic (exact) mass is 255 g/mol. The van der Waals surface area contributed by atoms with Crippen LogP contribution in [0.4, 0.5) is 0 Å². The molecule has 0 aromatic heterocycles. The number of likely N-dealkylation sites (tertiary alicyclic amines) is 1. The van der Waals surface area contributed by atoms with Crippen molar-refractivity contribution in [3.63, 3.8) is 0 Å². The van der Waals surface area contributed by atoms with Crippen molar-refractivity contribution in [2.75, 3.05) is 26.7 Å². The molecule has 2 aliphatic rings. The van der Waals surface area contributed by atoms with Gasteiger partial charge in [-0.1, -0.05) is 30.0 Å². The standard InChI is InChI=1S/C16H17NO2/c1-17-11-14(8-7-13-5-3-2-4-6-13)16(12-17)9-10-19-15(16)18/h2-6,14H,9-12H2,1H3/t14-,16-/m1/s1. The first-order chi connectivity index (χ1) is 9.21. The second-order valence-electron chi connectivity index (χ2n) is 5.43. The number of rotatable bonds is 0. The van der Waals surface area contributed by atoms with Crippen molar-refractivity contribution in [1.82, 2.24) is 4.90 Å². The Morgan fingerprint density at radius 1 is 1.37 bits per heavy atom. The number of esters is 1. The Hall–Kier alpha value is -1.79. The zero-order valence-corrected chi connectivity index (χ0v) is 11.1. The number of ether oxygens (including phenoxy) is 1. The molecular weight excluding hydrogens is 238 g/mol. The third kappa shape index (κ3) is 2.13. The number of cyclic esters (lactones) is 1. The Morgan fingerprint density at radius 2 is 2.16 bits per heavy atom. The Labute approximate surface area is 113 Å². The van der Waals surface area contributed by atoms with Crippen LogP contribution in [0, 0.1) is 23.2 Å². The van der Waals surface area contributed by atoms with Crippen LogP contribution < -0.4 is 0 Å². The lowest BCUT2D eigenvalue weighted by Gasteiger charge is -2.21. The van der Waals surface area contributed by atoms with Crippen molar-refractivity contribution in [2.45, 2.75) is 6.42 Å². The van der Waals surface area contributed by atoms with E-state index < -0.39 is 5.41 Å². The Bertz CT molecular complexity index is 543. The molecular formula is C16H17NO2. The summed E-state index contributed by atoms with van der Waals surface area (Å²) in [6, 6.07) is 9.91. The van der Waals surface area contributed by atoms with Crippen LogP contribution >= 0.6 is 0 Å². The summed E-state index contributed by atoms with van der Waals surface area (Å²) in [5.41, 5.74) is 0.606. The zero-order chi connectivity index (χ0) is 13.3. The topological polar surface area (TPSA) is 29.5 Å². The molecule has 2 fully saturated rings. The number of hydrogen-bond acceptors (Lipinski definition) is 3. The molecule has 3 rings (SSSR count). The van der Waals surface area contributed by atoms with Gasteiger partial charge in [-0.2, -0.15) is 0 Å². The summed E-state index contributed by atoms with van der Waals surface area (Å²) in [5.74, 6) is 6.50. The highest BCUT2D eigenvalue weighted by Crippen LogP contribution is 2.43. The maximum Gasteiger partial charge on any atom is 0.314 e. The van der Waals surface area contributed by atoms with Gasteiger partial charge in [0.05, 0.1) is 17.9 Å². The second-order valence-corrected chi connectivity index (χ2v) is 5.43. The third-order valence-electron chi connectivity index (χ3n) is 4.07. The minimum Gasteiger partial charge on any atom is -0.465 e. The van der Waals surface area contributed by atoms with E-state index in [-0.39, 0.29) is 11.9 Å². The van der Waals surface area contributed by atoms with Crippen LogP contribution in [-0.2, 0) is 9.53 Å². The van der Waals surface area contributed by atoms with Gasteiger partial charge < -0.3 is 9.64 Å². The van der Waals surface area contributed by atoms with E-state index in [9.17, 15) is 4.79 Å². The van der Waals surface area contributed by atoms with Gasteiger partial charge in [0.15, 0.2) is 0 Å². The van der Waals surface area contributed by atoms with E-state index in [4.69, 9.17) is 4.74 Å². The van der Waals surface area contributed by atoms with Gasteiger partial charge in [-0.05, 0) is 19.2 Å². The van der Waals surface area contributed by atoms with Crippen molar-refractivity contribution in [3.05, 3.63) is 35.9 Å². The highest BCUT2D eigenvalue weighted by molar-refractivity contribution is 5.80. The Morgan fingerprint density at radius 3 is 2.84 bits per heavy atom.